The van der Waals surface area contributed by atoms with Gasteiger partial charge in [-0.2, -0.15) is 0 Å². The number of unbranched alkanes of at least 4 members (excludes halogenated alkanes) is 8. The van der Waals surface area contributed by atoms with Crippen LogP contribution in [0.4, 0.5) is 0 Å². The normalized spacial score (nSPS) is 19.7. The highest BCUT2D eigenvalue weighted by Crippen LogP contribution is 2.35. The highest BCUT2D eigenvalue weighted by Gasteiger charge is 2.29. The molecule has 1 aromatic rings. The van der Waals surface area contributed by atoms with Crippen LogP contribution in [-0.2, 0) is 4.79 Å². The Morgan fingerprint density at radius 2 is 1.46 bits per heavy atom. The molecule has 1 aliphatic rings. The van der Waals surface area contributed by atoms with Crippen LogP contribution in [0.5, 0.6) is 5.75 Å². The lowest BCUT2D eigenvalue weighted by molar-refractivity contribution is -0.123. The van der Waals surface area contributed by atoms with Crippen molar-refractivity contribution in [2.45, 2.75) is 110 Å². The summed E-state index contributed by atoms with van der Waals surface area (Å²) >= 11 is 0. The predicted octanol–water partition coefficient (Wildman–Crippen LogP) is 7.85. The maximum absolute atomic E-state index is 12.6. The summed E-state index contributed by atoms with van der Waals surface area (Å²) in [5.41, 5.74) is 1.18. The Balaban J connectivity index is 1.66. The smallest absolute Gasteiger partial charge is 0.140 e. The zero-order valence-corrected chi connectivity index (χ0v) is 18.4. The fourth-order valence-electron chi connectivity index (χ4n) is 4.42. The van der Waals surface area contributed by atoms with Gasteiger partial charge in [0.25, 0.3) is 0 Å². The Kier molecular flexibility index (Phi) is 11.3. The van der Waals surface area contributed by atoms with Crippen molar-refractivity contribution in [2.24, 2.45) is 5.92 Å². The van der Waals surface area contributed by atoms with Crippen molar-refractivity contribution >= 4 is 5.78 Å². The fourth-order valence-corrected chi connectivity index (χ4v) is 4.42. The van der Waals surface area contributed by atoms with Crippen molar-refractivity contribution in [3.8, 4) is 5.75 Å². The van der Waals surface area contributed by atoms with Crippen LogP contribution in [-0.4, -0.2) is 12.4 Å². The first kappa shape index (κ1) is 23.0. The third kappa shape index (κ3) is 8.37. The second-order valence-corrected chi connectivity index (χ2v) is 8.70. The van der Waals surface area contributed by atoms with Gasteiger partial charge < -0.3 is 4.74 Å². The van der Waals surface area contributed by atoms with Crippen molar-refractivity contribution in [3.63, 3.8) is 0 Å². The van der Waals surface area contributed by atoms with Gasteiger partial charge in [-0.3, -0.25) is 4.79 Å². The highest BCUT2D eigenvalue weighted by atomic mass is 16.5. The van der Waals surface area contributed by atoms with E-state index in [2.05, 4.69) is 38.1 Å². The molecule has 0 spiro atoms. The first-order chi connectivity index (χ1) is 13.7. The van der Waals surface area contributed by atoms with Gasteiger partial charge in [0, 0.05) is 12.3 Å². The Labute approximate surface area is 173 Å². The molecule has 0 N–H and O–H groups in total. The summed E-state index contributed by atoms with van der Waals surface area (Å²) in [5, 5.41) is 0. The van der Waals surface area contributed by atoms with Gasteiger partial charge in [-0.1, -0.05) is 90.2 Å². The standard InChI is InChI=1S/C26H42O2/c1-3-5-7-8-9-10-12-20-28-24-17-15-23(16-18-24)25-19-14-22(21-26(25)27)13-11-6-4-2/h15-18,22,25H,3-14,19-21H2,1-2H3. The molecule has 1 aromatic carbocycles. The molecule has 2 heteroatoms. The third-order valence-corrected chi connectivity index (χ3v) is 6.26. The average molecular weight is 387 g/mol. The Bertz CT molecular complexity index is 534. The number of carbonyl (C=O) groups excluding carboxylic acids is 1. The Hall–Kier alpha value is -1.31. The van der Waals surface area contributed by atoms with E-state index in [9.17, 15) is 4.79 Å². The van der Waals surface area contributed by atoms with Gasteiger partial charge in [0.15, 0.2) is 0 Å². The first-order valence-corrected chi connectivity index (χ1v) is 12.0. The molecule has 2 nitrogen and oxygen atoms in total. The molecule has 0 amide bonds. The molecule has 158 valence electrons. The molecule has 0 heterocycles. The van der Waals surface area contributed by atoms with E-state index < -0.39 is 0 Å². The van der Waals surface area contributed by atoms with Crippen molar-refractivity contribution in [3.05, 3.63) is 29.8 Å². The summed E-state index contributed by atoms with van der Waals surface area (Å²) < 4.78 is 5.89. The molecule has 0 aromatic heterocycles. The summed E-state index contributed by atoms with van der Waals surface area (Å²) in [6.45, 7) is 5.30. The number of hydrogen-bond acceptors (Lipinski definition) is 2. The van der Waals surface area contributed by atoms with Crippen molar-refractivity contribution in [1.82, 2.24) is 0 Å². The lowest BCUT2D eigenvalue weighted by Crippen LogP contribution is -2.23. The molecule has 0 aliphatic heterocycles. The molecule has 2 unspecified atom stereocenters. The summed E-state index contributed by atoms with van der Waals surface area (Å²) in [5.74, 6) is 2.12. The number of Topliss-reactive ketones (excluding diaryl/α,β-unsaturated/α-hetero) is 1. The number of benzene rings is 1. The zero-order chi connectivity index (χ0) is 20.0. The van der Waals surface area contributed by atoms with Gasteiger partial charge in [-0.15, -0.1) is 0 Å². The van der Waals surface area contributed by atoms with E-state index in [0.717, 1.165) is 31.6 Å². The largest absolute Gasteiger partial charge is 0.494 e. The molecule has 0 saturated heterocycles. The maximum Gasteiger partial charge on any atom is 0.140 e. The molecule has 1 fully saturated rings. The van der Waals surface area contributed by atoms with E-state index in [0.29, 0.717) is 11.7 Å². The number of rotatable bonds is 14. The molecule has 2 rings (SSSR count). The van der Waals surface area contributed by atoms with Crippen LogP contribution in [0.3, 0.4) is 0 Å². The molecule has 0 bridgehead atoms. The topological polar surface area (TPSA) is 26.3 Å². The Morgan fingerprint density at radius 3 is 2.14 bits per heavy atom. The van der Waals surface area contributed by atoms with Crippen LogP contribution in [0.2, 0.25) is 0 Å². The Morgan fingerprint density at radius 1 is 0.821 bits per heavy atom. The van der Waals surface area contributed by atoms with Crippen LogP contribution < -0.4 is 4.74 Å². The molecule has 1 saturated carbocycles. The third-order valence-electron chi connectivity index (χ3n) is 6.26. The molecule has 2 atom stereocenters. The van der Waals surface area contributed by atoms with Gasteiger partial charge in [-0.25, -0.2) is 0 Å². The second-order valence-electron chi connectivity index (χ2n) is 8.70. The number of carbonyl (C=O) groups is 1. The van der Waals surface area contributed by atoms with Crippen molar-refractivity contribution in [2.75, 3.05) is 6.61 Å². The van der Waals surface area contributed by atoms with E-state index in [-0.39, 0.29) is 5.92 Å². The summed E-state index contributed by atoms with van der Waals surface area (Å²) in [6, 6.07) is 8.33. The van der Waals surface area contributed by atoms with Crippen LogP contribution >= 0.6 is 0 Å². The van der Waals surface area contributed by atoms with Crippen LogP contribution in [0.15, 0.2) is 24.3 Å². The van der Waals surface area contributed by atoms with E-state index >= 15 is 0 Å². The van der Waals surface area contributed by atoms with E-state index in [1.54, 1.807) is 0 Å². The maximum atomic E-state index is 12.6. The SMILES string of the molecule is CCCCCCCCCOc1ccc(C2CCC(CCCCC)CC2=O)cc1. The quantitative estimate of drug-likeness (QED) is 0.304. The lowest BCUT2D eigenvalue weighted by Gasteiger charge is -2.27. The minimum Gasteiger partial charge on any atom is -0.494 e. The van der Waals surface area contributed by atoms with Crippen LogP contribution in [0.1, 0.15) is 115 Å². The van der Waals surface area contributed by atoms with Gasteiger partial charge in [-0.05, 0) is 42.9 Å². The molecular formula is C26H42O2. The summed E-state index contributed by atoms with van der Waals surface area (Å²) in [6.07, 6.45) is 17.2. The molecule has 1 aliphatic carbocycles. The number of ketones is 1. The second kappa shape index (κ2) is 13.8. The minimum absolute atomic E-state index is 0.111. The zero-order valence-electron chi connectivity index (χ0n) is 18.4. The van der Waals surface area contributed by atoms with Gasteiger partial charge in [0.1, 0.15) is 11.5 Å². The van der Waals surface area contributed by atoms with Gasteiger partial charge >= 0.3 is 0 Å². The fraction of sp³-hybridized carbons (Fsp3) is 0.731. The van der Waals surface area contributed by atoms with Crippen LogP contribution in [0, 0.1) is 5.92 Å². The summed E-state index contributed by atoms with van der Waals surface area (Å²) in [4.78, 5) is 12.6. The first-order valence-electron chi connectivity index (χ1n) is 12.0. The summed E-state index contributed by atoms with van der Waals surface area (Å²) in [7, 11) is 0. The van der Waals surface area contributed by atoms with Gasteiger partial charge in [0.05, 0.1) is 6.61 Å². The lowest BCUT2D eigenvalue weighted by atomic mass is 9.76. The molecule has 28 heavy (non-hydrogen) atoms. The van der Waals surface area contributed by atoms with Crippen molar-refractivity contribution < 1.29 is 9.53 Å². The number of hydrogen-bond donors (Lipinski definition) is 0. The number of ether oxygens (including phenoxy) is 1. The minimum atomic E-state index is 0.111. The average Bonchev–Trinajstić information content (AvgIpc) is 2.71. The van der Waals surface area contributed by atoms with E-state index in [1.807, 2.05) is 0 Å². The van der Waals surface area contributed by atoms with Crippen LogP contribution in [0.25, 0.3) is 0 Å². The monoisotopic (exact) mass is 386 g/mol. The highest BCUT2D eigenvalue weighted by molar-refractivity contribution is 5.86. The van der Waals surface area contributed by atoms with Crippen molar-refractivity contribution in [1.29, 1.82) is 0 Å². The van der Waals surface area contributed by atoms with E-state index in [1.165, 1.54) is 76.2 Å². The predicted molar refractivity (Wildman–Crippen MR) is 119 cm³/mol. The molecular weight excluding hydrogens is 344 g/mol. The van der Waals surface area contributed by atoms with E-state index in [4.69, 9.17) is 4.74 Å². The molecule has 0 radical (unpaired) electrons. The van der Waals surface area contributed by atoms with Gasteiger partial charge in [0.2, 0.25) is 0 Å².